The Bertz CT molecular complexity index is 350. The number of anilines is 1. The van der Waals surface area contributed by atoms with Gasteiger partial charge in [0.15, 0.2) is 0 Å². The summed E-state index contributed by atoms with van der Waals surface area (Å²) in [6.07, 6.45) is 0. The van der Waals surface area contributed by atoms with Crippen molar-refractivity contribution >= 4 is 11.6 Å². The van der Waals surface area contributed by atoms with E-state index in [4.69, 9.17) is 5.73 Å². The molecule has 1 rings (SSSR count). The fourth-order valence-electron chi connectivity index (χ4n) is 1.07. The SMILES string of the molecule is CNC(=O)c1cc(N)c(F)cc1C. The second-order valence-corrected chi connectivity index (χ2v) is 2.77. The van der Waals surface area contributed by atoms with E-state index >= 15 is 0 Å². The summed E-state index contributed by atoms with van der Waals surface area (Å²) in [7, 11) is 1.52. The Morgan fingerprint density at radius 2 is 2.15 bits per heavy atom. The van der Waals surface area contributed by atoms with Gasteiger partial charge in [-0.3, -0.25) is 4.79 Å². The number of benzene rings is 1. The lowest BCUT2D eigenvalue weighted by molar-refractivity contribution is 0.0962. The Kier molecular flexibility index (Phi) is 2.51. The Morgan fingerprint density at radius 3 is 2.69 bits per heavy atom. The average Bonchev–Trinajstić information content (AvgIpc) is 2.10. The number of aryl methyl sites for hydroxylation is 1. The van der Waals surface area contributed by atoms with Crippen LogP contribution < -0.4 is 11.1 Å². The van der Waals surface area contributed by atoms with Gasteiger partial charge in [0.1, 0.15) is 5.82 Å². The van der Waals surface area contributed by atoms with Gasteiger partial charge in [-0.15, -0.1) is 0 Å². The van der Waals surface area contributed by atoms with E-state index in [1.54, 1.807) is 6.92 Å². The highest BCUT2D eigenvalue weighted by atomic mass is 19.1. The topological polar surface area (TPSA) is 55.1 Å². The number of hydrogen-bond acceptors (Lipinski definition) is 2. The minimum Gasteiger partial charge on any atom is -0.396 e. The Morgan fingerprint density at radius 1 is 1.54 bits per heavy atom. The molecule has 1 amide bonds. The number of nitrogen functional groups attached to an aromatic ring is 1. The second-order valence-electron chi connectivity index (χ2n) is 2.77. The first-order chi connectivity index (χ1) is 6.06. The first kappa shape index (κ1) is 9.51. The number of carbonyl (C=O) groups is 1. The highest BCUT2D eigenvalue weighted by Crippen LogP contribution is 2.16. The first-order valence-electron chi connectivity index (χ1n) is 3.84. The van der Waals surface area contributed by atoms with Gasteiger partial charge in [0.05, 0.1) is 5.69 Å². The molecule has 1 aromatic rings. The van der Waals surface area contributed by atoms with Crippen molar-refractivity contribution < 1.29 is 9.18 Å². The third kappa shape index (κ3) is 1.77. The maximum atomic E-state index is 12.9. The number of carbonyl (C=O) groups excluding carboxylic acids is 1. The summed E-state index contributed by atoms with van der Waals surface area (Å²) in [6.45, 7) is 1.66. The van der Waals surface area contributed by atoms with Gasteiger partial charge in [0.25, 0.3) is 5.91 Å². The molecular formula is C9H11FN2O. The zero-order valence-electron chi connectivity index (χ0n) is 7.52. The summed E-state index contributed by atoms with van der Waals surface area (Å²) in [5, 5.41) is 2.45. The van der Waals surface area contributed by atoms with Gasteiger partial charge in [0.2, 0.25) is 0 Å². The largest absolute Gasteiger partial charge is 0.396 e. The van der Waals surface area contributed by atoms with Gasteiger partial charge < -0.3 is 11.1 Å². The highest BCUT2D eigenvalue weighted by Gasteiger charge is 2.10. The van der Waals surface area contributed by atoms with Crippen molar-refractivity contribution in [2.45, 2.75) is 6.92 Å². The maximum Gasteiger partial charge on any atom is 0.251 e. The van der Waals surface area contributed by atoms with E-state index in [9.17, 15) is 9.18 Å². The van der Waals surface area contributed by atoms with Crippen LogP contribution in [0.3, 0.4) is 0 Å². The third-order valence-electron chi connectivity index (χ3n) is 1.82. The van der Waals surface area contributed by atoms with Gasteiger partial charge in [-0.25, -0.2) is 4.39 Å². The number of nitrogens with two attached hydrogens (primary N) is 1. The molecule has 0 bridgehead atoms. The fourth-order valence-corrected chi connectivity index (χ4v) is 1.07. The van der Waals surface area contributed by atoms with Crippen LogP contribution in [0.1, 0.15) is 15.9 Å². The van der Waals surface area contributed by atoms with Crippen LogP contribution in [0.25, 0.3) is 0 Å². The van der Waals surface area contributed by atoms with Crippen molar-refractivity contribution in [1.82, 2.24) is 5.32 Å². The Hall–Kier alpha value is -1.58. The molecule has 0 aliphatic rings. The van der Waals surface area contributed by atoms with E-state index in [-0.39, 0.29) is 11.6 Å². The van der Waals surface area contributed by atoms with Crippen LogP contribution in [0.15, 0.2) is 12.1 Å². The van der Waals surface area contributed by atoms with E-state index in [0.29, 0.717) is 11.1 Å². The molecular weight excluding hydrogens is 171 g/mol. The number of amides is 1. The summed E-state index contributed by atoms with van der Waals surface area (Å²) >= 11 is 0. The molecule has 1 aromatic carbocycles. The van der Waals surface area contributed by atoms with Gasteiger partial charge >= 0.3 is 0 Å². The number of hydrogen-bond donors (Lipinski definition) is 2. The van der Waals surface area contributed by atoms with E-state index in [1.165, 1.54) is 19.2 Å². The van der Waals surface area contributed by atoms with Gasteiger partial charge in [0, 0.05) is 12.6 Å². The molecule has 3 N–H and O–H groups in total. The Labute approximate surface area is 75.7 Å². The molecule has 0 heterocycles. The molecule has 0 spiro atoms. The molecule has 0 aromatic heterocycles. The van der Waals surface area contributed by atoms with Crippen molar-refractivity contribution in [2.75, 3.05) is 12.8 Å². The van der Waals surface area contributed by atoms with E-state index in [0.717, 1.165) is 0 Å². The van der Waals surface area contributed by atoms with E-state index < -0.39 is 5.82 Å². The molecule has 0 atom stereocenters. The molecule has 0 unspecified atom stereocenters. The second kappa shape index (κ2) is 3.43. The van der Waals surface area contributed by atoms with Gasteiger partial charge in [-0.2, -0.15) is 0 Å². The highest BCUT2D eigenvalue weighted by molar-refractivity contribution is 5.96. The summed E-state index contributed by atoms with van der Waals surface area (Å²) in [6, 6.07) is 2.59. The summed E-state index contributed by atoms with van der Waals surface area (Å²) in [5.74, 6) is -0.755. The fraction of sp³-hybridized carbons (Fsp3) is 0.222. The predicted molar refractivity (Wildman–Crippen MR) is 48.9 cm³/mol. The molecule has 13 heavy (non-hydrogen) atoms. The number of rotatable bonds is 1. The van der Waals surface area contributed by atoms with Crippen molar-refractivity contribution in [2.24, 2.45) is 0 Å². The summed E-state index contributed by atoms with van der Waals surface area (Å²) in [4.78, 5) is 11.2. The molecule has 3 nitrogen and oxygen atoms in total. The molecule has 0 radical (unpaired) electrons. The zero-order chi connectivity index (χ0) is 10.0. The van der Waals surface area contributed by atoms with Crippen LogP contribution in [0.2, 0.25) is 0 Å². The summed E-state index contributed by atoms with van der Waals surface area (Å²) < 4.78 is 12.9. The third-order valence-corrected chi connectivity index (χ3v) is 1.82. The first-order valence-corrected chi connectivity index (χ1v) is 3.84. The van der Waals surface area contributed by atoms with Crippen LogP contribution in [-0.4, -0.2) is 13.0 Å². The van der Waals surface area contributed by atoms with Crippen LogP contribution in [0.4, 0.5) is 10.1 Å². The number of nitrogens with one attached hydrogen (secondary N) is 1. The number of halogens is 1. The van der Waals surface area contributed by atoms with Crippen molar-refractivity contribution in [3.63, 3.8) is 0 Å². The molecule has 0 aliphatic heterocycles. The minimum atomic E-state index is -0.495. The zero-order valence-corrected chi connectivity index (χ0v) is 7.52. The molecule has 0 saturated heterocycles. The molecule has 0 fully saturated rings. The van der Waals surface area contributed by atoms with Gasteiger partial charge in [-0.05, 0) is 24.6 Å². The van der Waals surface area contributed by atoms with Crippen LogP contribution in [-0.2, 0) is 0 Å². The smallest absolute Gasteiger partial charge is 0.251 e. The summed E-state index contributed by atoms with van der Waals surface area (Å²) in [5.41, 5.74) is 6.30. The van der Waals surface area contributed by atoms with Crippen molar-refractivity contribution in [3.05, 3.63) is 29.1 Å². The van der Waals surface area contributed by atoms with Crippen molar-refractivity contribution in [3.8, 4) is 0 Å². The van der Waals surface area contributed by atoms with E-state index in [1.807, 2.05) is 0 Å². The lowest BCUT2D eigenvalue weighted by Crippen LogP contribution is -2.19. The van der Waals surface area contributed by atoms with Crippen molar-refractivity contribution in [1.29, 1.82) is 0 Å². The monoisotopic (exact) mass is 182 g/mol. The lowest BCUT2D eigenvalue weighted by Gasteiger charge is -2.05. The quantitative estimate of drug-likeness (QED) is 0.638. The minimum absolute atomic E-state index is 0.01000. The molecule has 4 heteroatoms. The standard InChI is InChI=1S/C9H11FN2O/c1-5-3-7(10)8(11)4-6(5)9(13)12-2/h3-4H,11H2,1-2H3,(H,12,13). The van der Waals surface area contributed by atoms with Crippen LogP contribution in [0, 0.1) is 12.7 Å². The molecule has 0 saturated carbocycles. The lowest BCUT2D eigenvalue weighted by atomic mass is 10.1. The maximum absolute atomic E-state index is 12.9. The van der Waals surface area contributed by atoms with Crippen LogP contribution >= 0.6 is 0 Å². The predicted octanol–water partition coefficient (Wildman–Crippen LogP) is 1.08. The van der Waals surface area contributed by atoms with E-state index in [2.05, 4.69) is 5.32 Å². The van der Waals surface area contributed by atoms with Gasteiger partial charge in [-0.1, -0.05) is 0 Å². The average molecular weight is 182 g/mol. The normalized spacial score (nSPS) is 9.77. The Balaban J connectivity index is 3.23. The molecule has 70 valence electrons. The molecule has 0 aliphatic carbocycles. The van der Waals surface area contributed by atoms with Crippen LogP contribution in [0.5, 0.6) is 0 Å².